The highest BCUT2D eigenvalue weighted by Crippen LogP contribution is 2.16. The van der Waals surface area contributed by atoms with E-state index < -0.39 is 0 Å². The van der Waals surface area contributed by atoms with Gasteiger partial charge in [0.15, 0.2) is 0 Å². The van der Waals surface area contributed by atoms with E-state index in [0.29, 0.717) is 11.8 Å². The first-order chi connectivity index (χ1) is 9.70. The van der Waals surface area contributed by atoms with Crippen molar-refractivity contribution in [1.29, 1.82) is 0 Å². The van der Waals surface area contributed by atoms with Crippen molar-refractivity contribution in [2.24, 2.45) is 0 Å². The van der Waals surface area contributed by atoms with Gasteiger partial charge in [0.1, 0.15) is 5.82 Å². The zero-order valence-corrected chi connectivity index (χ0v) is 12.6. The summed E-state index contributed by atoms with van der Waals surface area (Å²) in [6.45, 7) is 2.01. The van der Waals surface area contributed by atoms with Crippen LogP contribution in [0.2, 0.25) is 0 Å². The zero-order valence-electron chi connectivity index (χ0n) is 11.0. The highest BCUT2D eigenvalue weighted by Gasteiger charge is 2.10. The van der Waals surface area contributed by atoms with Gasteiger partial charge in [-0.1, -0.05) is 35.0 Å². The molecule has 3 rings (SSSR count). The molecule has 0 aliphatic heterocycles. The second-order valence-electron chi connectivity index (χ2n) is 4.52. The maximum absolute atomic E-state index is 12.7. The number of hydrogen-bond acceptors (Lipinski definition) is 2. The first-order valence-electron chi connectivity index (χ1n) is 6.47. The molecule has 3 aromatic rings. The summed E-state index contributed by atoms with van der Waals surface area (Å²) >= 11 is 3.41. The molecule has 0 atom stereocenters. The fourth-order valence-electron chi connectivity index (χ4n) is 2.27. The van der Waals surface area contributed by atoms with Gasteiger partial charge in [-0.05, 0) is 36.4 Å². The Kier molecular flexibility index (Phi) is 3.40. The predicted octanol–water partition coefficient (Wildman–Crippen LogP) is 3.71. The van der Waals surface area contributed by atoms with Crippen LogP contribution >= 0.6 is 15.9 Å². The van der Waals surface area contributed by atoms with Crippen molar-refractivity contribution >= 4 is 26.8 Å². The molecule has 0 saturated carbocycles. The lowest BCUT2D eigenvalue weighted by Gasteiger charge is -2.12. The van der Waals surface area contributed by atoms with E-state index in [0.717, 1.165) is 21.5 Å². The summed E-state index contributed by atoms with van der Waals surface area (Å²) in [5.74, 6) is 0.774. The molecule has 0 aliphatic rings. The van der Waals surface area contributed by atoms with Crippen molar-refractivity contribution in [3.8, 4) is 5.69 Å². The van der Waals surface area contributed by atoms with Gasteiger partial charge in [-0.3, -0.25) is 9.36 Å². The molecule has 0 spiro atoms. The molecule has 20 heavy (non-hydrogen) atoms. The molecular weight excluding hydrogens is 316 g/mol. The number of aromatic nitrogens is 2. The van der Waals surface area contributed by atoms with Gasteiger partial charge in [-0.25, -0.2) is 4.98 Å². The van der Waals surface area contributed by atoms with Crippen LogP contribution in [0.5, 0.6) is 0 Å². The van der Waals surface area contributed by atoms with Crippen molar-refractivity contribution in [2.75, 3.05) is 0 Å². The molecule has 0 radical (unpaired) electrons. The van der Waals surface area contributed by atoms with E-state index in [2.05, 4.69) is 20.9 Å². The van der Waals surface area contributed by atoms with Crippen molar-refractivity contribution in [1.82, 2.24) is 9.55 Å². The Morgan fingerprint density at radius 2 is 1.80 bits per heavy atom. The Morgan fingerprint density at radius 1 is 1.10 bits per heavy atom. The average Bonchev–Trinajstić information content (AvgIpc) is 2.48. The van der Waals surface area contributed by atoms with Crippen molar-refractivity contribution in [3.05, 3.63) is 69.2 Å². The molecule has 1 heterocycles. The molecule has 0 bridgehead atoms. The summed E-state index contributed by atoms with van der Waals surface area (Å²) in [7, 11) is 0. The van der Waals surface area contributed by atoms with E-state index in [4.69, 9.17) is 0 Å². The number of fused-ring (bicyclic) bond motifs is 1. The van der Waals surface area contributed by atoms with E-state index in [9.17, 15) is 4.79 Å². The fraction of sp³-hybridized carbons (Fsp3) is 0.125. The zero-order chi connectivity index (χ0) is 14.1. The van der Waals surface area contributed by atoms with Gasteiger partial charge in [0, 0.05) is 10.9 Å². The van der Waals surface area contributed by atoms with Gasteiger partial charge in [0.2, 0.25) is 0 Å². The standard InChI is InChI=1S/C16H13BrN2O/c1-2-15-18-14-6-4-3-5-13(14)16(20)19(15)12-9-7-11(17)8-10-12/h3-10H,2H2,1H3. The average molecular weight is 329 g/mol. The number of aryl methyl sites for hydroxylation is 1. The summed E-state index contributed by atoms with van der Waals surface area (Å²) in [4.78, 5) is 17.3. The topological polar surface area (TPSA) is 34.9 Å². The van der Waals surface area contributed by atoms with E-state index in [1.165, 1.54) is 0 Å². The molecule has 0 fully saturated rings. The Hall–Kier alpha value is -1.94. The second-order valence-corrected chi connectivity index (χ2v) is 5.43. The SMILES string of the molecule is CCc1nc2ccccc2c(=O)n1-c1ccc(Br)cc1. The van der Waals surface area contributed by atoms with Crippen LogP contribution in [0.25, 0.3) is 16.6 Å². The van der Waals surface area contributed by atoms with Crippen LogP contribution in [0, 0.1) is 0 Å². The monoisotopic (exact) mass is 328 g/mol. The molecule has 3 nitrogen and oxygen atoms in total. The van der Waals surface area contributed by atoms with E-state index in [1.54, 1.807) is 4.57 Å². The first-order valence-corrected chi connectivity index (χ1v) is 7.26. The maximum atomic E-state index is 12.7. The molecule has 0 unspecified atom stereocenters. The Morgan fingerprint density at radius 3 is 2.50 bits per heavy atom. The Bertz CT molecular complexity index is 822. The lowest BCUT2D eigenvalue weighted by atomic mass is 10.2. The second kappa shape index (κ2) is 5.21. The largest absolute Gasteiger partial charge is 0.268 e. The van der Waals surface area contributed by atoms with E-state index >= 15 is 0 Å². The van der Waals surface area contributed by atoms with Crippen molar-refractivity contribution < 1.29 is 0 Å². The summed E-state index contributed by atoms with van der Waals surface area (Å²) in [5.41, 5.74) is 1.57. The number of rotatable bonds is 2. The highest BCUT2D eigenvalue weighted by molar-refractivity contribution is 9.10. The van der Waals surface area contributed by atoms with Crippen LogP contribution in [0.4, 0.5) is 0 Å². The highest BCUT2D eigenvalue weighted by atomic mass is 79.9. The summed E-state index contributed by atoms with van der Waals surface area (Å²) in [6, 6.07) is 15.2. The molecule has 2 aromatic carbocycles. The minimum atomic E-state index is -0.0187. The van der Waals surface area contributed by atoms with E-state index in [1.807, 2.05) is 55.5 Å². The predicted molar refractivity (Wildman–Crippen MR) is 84.4 cm³/mol. The quantitative estimate of drug-likeness (QED) is 0.718. The number of hydrogen-bond donors (Lipinski definition) is 0. The Labute approximate surface area is 125 Å². The van der Waals surface area contributed by atoms with Gasteiger partial charge in [0.25, 0.3) is 5.56 Å². The summed E-state index contributed by atoms with van der Waals surface area (Å²) < 4.78 is 2.68. The fourth-order valence-corrected chi connectivity index (χ4v) is 2.54. The molecule has 100 valence electrons. The molecule has 0 amide bonds. The van der Waals surface area contributed by atoms with Crippen LogP contribution in [0.3, 0.4) is 0 Å². The van der Waals surface area contributed by atoms with Crippen molar-refractivity contribution in [3.63, 3.8) is 0 Å². The van der Waals surface area contributed by atoms with Gasteiger partial charge >= 0.3 is 0 Å². The summed E-state index contributed by atoms with van der Waals surface area (Å²) in [6.07, 6.45) is 0.705. The van der Waals surface area contributed by atoms with Gasteiger partial charge in [-0.15, -0.1) is 0 Å². The first kappa shape index (κ1) is 13.1. The normalized spacial score (nSPS) is 10.9. The molecule has 4 heteroatoms. The third kappa shape index (κ3) is 2.16. The molecule has 0 aliphatic carbocycles. The van der Waals surface area contributed by atoms with Crippen LogP contribution in [0.15, 0.2) is 57.8 Å². The van der Waals surface area contributed by atoms with Crippen LogP contribution < -0.4 is 5.56 Å². The minimum absolute atomic E-state index is 0.0187. The van der Waals surface area contributed by atoms with Crippen LogP contribution in [-0.2, 0) is 6.42 Å². The third-order valence-electron chi connectivity index (χ3n) is 3.25. The Balaban J connectivity index is 2.36. The molecular formula is C16H13BrN2O. The third-order valence-corrected chi connectivity index (χ3v) is 3.77. The molecule has 1 aromatic heterocycles. The van der Waals surface area contributed by atoms with Gasteiger partial charge < -0.3 is 0 Å². The van der Waals surface area contributed by atoms with Crippen molar-refractivity contribution in [2.45, 2.75) is 13.3 Å². The summed E-state index contributed by atoms with van der Waals surface area (Å²) in [5, 5.41) is 0.646. The number of benzene rings is 2. The number of nitrogens with zero attached hydrogens (tertiary/aromatic N) is 2. The lowest BCUT2D eigenvalue weighted by molar-refractivity contribution is 0.833. The van der Waals surface area contributed by atoms with Gasteiger partial charge in [-0.2, -0.15) is 0 Å². The van der Waals surface area contributed by atoms with Crippen LogP contribution in [-0.4, -0.2) is 9.55 Å². The lowest BCUT2D eigenvalue weighted by Crippen LogP contribution is -2.23. The maximum Gasteiger partial charge on any atom is 0.265 e. The minimum Gasteiger partial charge on any atom is -0.268 e. The van der Waals surface area contributed by atoms with Crippen LogP contribution in [0.1, 0.15) is 12.7 Å². The van der Waals surface area contributed by atoms with Gasteiger partial charge in [0.05, 0.1) is 16.6 Å². The molecule has 0 N–H and O–H groups in total. The van der Waals surface area contributed by atoms with E-state index in [-0.39, 0.29) is 5.56 Å². The number of para-hydroxylation sites is 1. The number of halogens is 1. The smallest absolute Gasteiger partial charge is 0.265 e. The molecule has 0 saturated heterocycles.